The topological polar surface area (TPSA) is 45.2 Å². The number of nitrogens with zero attached hydrogens (tertiary/aromatic N) is 2. The molecule has 0 radical (unpaired) electrons. The van der Waals surface area contributed by atoms with Gasteiger partial charge >= 0.3 is 6.03 Å². The highest BCUT2D eigenvalue weighted by Gasteiger charge is 2.30. The first-order chi connectivity index (χ1) is 11.6. The van der Waals surface area contributed by atoms with Gasteiger partial charge in [0.25, 0.3) is 0 Å². The number of benzene rings is 1. The van der Waals surface area contributed by atoms with Crippen molar-refractivity contribution in [1.82, 2.24) is 15.2 Å². The summed E-state index contributed by atoms with van der Waals surface area (Å²) in [7, 11) is 1.76. The molecule has 0 saturated heterocycles. The van der Waals surface area contributed by atoms with Gasteiger partial charge in [0.15, 0.2) is 0 Å². The lowest BCUT2D eigenvalue weighted by Gasteiger charge is -2.33. The maximum absolute atomic E-state index is 14.0. The number of rotatable bonds is 3. The maximum atomic E-state index is 14.0. The molecule has 0 saturated carbocycles. The van der Waals surface area contributed by atoms with Crippen LogP contribution in [0.15, 0.2) is 42.7 Å². The van der Waals surface area contributed by atoms with Crippen molar-refractivity contribution in [2.75, 3.05) is 7.05 Å². The van der Waals surface area contributed by atoms with Gasteiger partial charge in [-0.05, 0) is 53.6 Å². The predicted molar refractivity (Wildman–Crippen MR) is 90.9 cm³/mol. The van der Waals surface area contributed by atoms with Crippen molar-refractivity contribution < 1.29 is 9.18 Å². The van der Waals surface area contributed by atoms with Crippen molar-refractivity contribution in [3.8, 4) is 0 Å². The zero-order valence-corrected chi connectivity index (χ0v) is 14.0. The van der Waals surface area contributed by atoms with E-state index in [2.05, 4.69) is 17.2 Å². The van der Waals surface area contributed by atoms with Gasteiger partial charge in [0, 0.05) is 26.0 Å². The van der Waals surface area contributed by atoms with E-state index in [1.54, 1.807) is 30.4 Å². The van der Waals surface area contributed by atoms with Crippen LogP contribution in [0.3, 0.4) is 0 Å². The lowest BCUT2D eigenvalue weighted by molar-refractivity contribution is 0.195. The van der Waals surface area contributed by atoms with Crippen molar-refractivity contribution in [2.45, 2.75) is 32.4 Å². The highest BCUT2D eigenvalue weighted by molar-refractivity contribution is 5.74. The largest absolute Gasteiger partial charge is 0.331 e. The van der Waals surface area contributed by atoms with Crippen molar-refractivity contribution >= 4 is 6.03 Å². The van der Waals surface area contributed by atoms with E-state index in [0.717, 1.165) is 29.5 Å². The number of pyridine rings is 1. The van der Waals surface area contributed by atoms with Crippen LogP contribution in [-0.4, -0.2) is 23.0 Å². The molecule has 0 spiro atoms. The molecule has 1 N–H and O–H groups in total. The number of amides is 2. The highest BCUT2D eigenvalue weighted by atomic mass is 19.1. The van der Waals surface area contributed by atoms with Crippen molar-refractivity contribution in [2.24, 2.45) is 5.92 Å². The minimum Gasteiger partial charge on any atom is -0.331 e. The van der Waals surface area contributed by atoms with Gasteiger partial charge in [0.05, 0.1) is 6.04 Å². The van der Waals surface area contributed by atoms with Crippen molar-refractivity contribution in [1.29, 1.82) is 0 Å². The van der Waals surface area contributed by atoms with E-state index in [9.17, 15) is 9.18 Å². The SMILES string of the molecule is C[C@@H]1CCc2c(F)cccc2[C@H]1NC(=O)N(C)Cc1ccncc1. The number of halogens is 1. The second kappa shape index (κ2) is 6.99. The van der Waals surface area contributed by atoms with Crippen LogP contribution in [0.1, 0.15) is 36.1 Å². The zero-order valence-electron chi connectivity index (χ0n) is 14.0. The molecule has 1 heterocycles. The molecule has 3 rings (SSSR count). The first-order valence-corrected chi connectivity index (χ1v) is 8.24. The number of hydrogen-bond acceptors (Lipinski definition) is 2. The van der Waals surface area contributed by atoms with Crippen LogP contribution in [0.2, 0.25) is 0 Å². The smallest absolute Gasteiger partial charge is 0.317 e. The fraction of sp³-hybridized carbons (Fsp3) is 0.368. The molecule has 0 bridgehead atoms. The van der Waals surface area contributed by atoms with Gasteiger partial charge in [-0.25, -0.2) is 9.18 Å². The van der Waals surface area contributed by atoms with Gasteiger partial charge in [-0.15, -0.1) is 0 Å². The Balaban J connectivity index is 1.73. The van der Waals surface area contributed by atoms with Crippen LogP contribution in [0.5, 0.6) is 0 Å². The second-order valence-corrected chi connectivity index (χ2v) is 6.46. The molecule has 0 unspecified atom stereocenters. The molecule has 2 atom stereocenters. The van der Waals surface area contributed by atoms with E-state index in [-0.39, 0.29) is 23.8 Å². The summed E-state index contributed by atoms with van der Waals surface area (Å²) in [4.78, 5) is 18.2. The summed E-state index contributed by atoms with van der Waals surface area (Å²) in [6, 6.07) is 8.59. The summed E-state index contributed by atoms with van der Waals surface area (Å²) in [6.07, 6.45) is 5.02. The lowest BCUT2D eigenvalue weighted by atomic mass is 9.80. The number of hydrogen-bond donors (Lipinski definition) is 1. The molecule has 1 aromatic heterocycles. The zero-order chi connectivity index (χ0) is 17.1. The minimum absolute atomic E-state index is 0.152. The van der Waals surface area contributed by atoms with Gasteiger partial charge in [0.1, 0.15) is 5.82 Å². The molecule has 24 heavy (non-hydrogen) atoms. The summed E-state index contributed by atoms with van der Waals surface area (Å²) < 4.78 is 14.0. The molecule has 4 nitrogen and oxygen atoms in total. The van der Waals surface area contributed by atoms with E-state index in [1.807, 2.05) is 18.2 Å². The molecule has 2 aromatic rings. The van der Waals surface area contributed by atoms with Gasteiger partial charge in [-0.1, -0.05) is 19.1 Å². The molecule has 0 fully saturated rings. The van der Waals surface area contributed by atoms with E-state index in [0.29, 0.717) is 6.54 Å². The van der Waals surface area contributed by atoms with Crippen LogP contribution in [-0.2, 0) is 13.0 Å². The quantitative estimate of drug-likeness (QED) is 0.934. The molecule has 1 aromatic carbocycles. The van der Waals surface area contributed by atoms with Crippen LogP contribution in [0.25, 0.3) is 0 Å². The number of urea groups is 1. The Morgan fingerprint density at radius 2 is 2.08 bits per heavy atom. The average molecular weight is 327 g/mol. The summed E-state index contributed by atoms with van der Waals surface area (Å²) >= 11 is 0. The van der Waals surface area contributed by atoms with Gasteiger partial charge in [-0.3, -0.25) is 4.98 Å². The number of nitrogens with one attached hydrogen (secondary N) is 1. The third-order valence-electron chi connectivity index (χ3n) is 4.70. The molecule has 2 amide bonds. The number of carbonyl (C=O) groups excluding carboxylic acids is 1. The molecule has 5 heteroatoms. The van der Waals surface area contributed by atoms with E-state index < -0.39 is 0 Å². The van der Waals surface area contributed by atoms with E-state index in [1.165, 1.54) is 6.07 Å². The van der Waals surface area contributed by atoms with Crippen LogP contribution < -0.4 is 5.32 Å². The monoisotopic (exact) mass is 327 g/mol. The third-order valence-corrected chi connectivity index (χ3v) is 4.70. The lowest BCUT2D eigenvalue weighted by Crippen LogP contribution is -2.42. The second-order valence-electron chi connectivity index (χ2n) is 6.46. The fourth-order valence-electron chi connectivity index (χ4n) is 3.27. The molecular weight excluding hydrogens is 305 g/mol. The van der Waals surface area contributed by atoms with Gasteiger partial charge < -0.3 is 10.2 Å². The van der Waals surface area contributed by atoms with E-state index >= 15 is 0 Å². The standard InChI is InChI=1S/C19H22FN3O/c1-13-6-7-15-16(4-3-5-17(15)20)18(13)22-19(24)23(2)12-14-8-10-21-11-9-14/h3-5,8-11,13,18H,6-7,12H2,1-2H3,(H,22,24)/t13-,18+/m1/s1. The van der Waals surface area contributed by atoms with Crippen LogP contribution in [0, 0.1) is 11.7 Å². The Kier molecular flexibility index (Phi) is 4.79. The van der Waals surface area contributed by atoms with Gasteiger partial charge in [-0.2, -0.15) is 0 Å². The number of carbonyl (C=O) groups is 1. The molecule has 0 aliphatic heterocycles. The predicted octanol–water partition coefficient (Wildman–Crippen LogP) is 3.69. The summed E-state index contributed by atoms with van der Waals surface area (Å²) in [5.41, 5.74) is 2.66. The number of aromatic nitrogens is 1. The normalized spacial score (nSPS) is 19.5. The van der Waals surface area contributed by atoms with Crippen molar-refractivity contribution in [3.63, 3.8) is 0 Å². The Labute approximate surface area is 141 Å². The van der Waals surface area contributed by atoms with Crippen molar-refractivity contribution in [3.05, 3.63) is 65.2 Å². The third kappa shape index (κ3) is 3.40. The van der Waals surface area contributed by atoms with E-state index in [4.69, 9.17) is 0 Å². The first kappa shape index (κ1) is 16.4. The molecular formula is C19H22FN3O. The fourth-order valence-corrected chi connectivity index (χ4v) is 3.27. The molecule has 1 aliphatic rings. The molecule has 126 valence electrons. The van der Waals surface area contributed by atoms with Crippen LogP contribution >= 0.6 is 0 Å². The Bertz CT molecular complexity index is 720. The van der Waals surface area contributed by atoms with Crippen LogP contribution in [0.4, 0.5) is 9.18 Å². The highest BCUT2D eigenvalue weighted by Crippen LogP contribution is 2.35. The Hall–Kier alpha value is -2.43. The summed E-state index contributed by atoms with van der Waals surface area (Å²) in [6.45, 7) is 2.60. The average Bonchev–Trinajstić information content (AvgIpc) is 2.58. The minimum atomic E-state index is -0.177. The van der Waals surface area contributed by atoms with Gasteiger partial charge in [0.2, 0.25) is 0 Å². The summed E-state index contributed by atoms with van der Waals surface area (Å²) in [5, 5.41) is 3.08. The summed E-state index contributed by atoms with van der Waals surface area (Å²) in [5.74, 6) is 0.0985. The Morgan fingerprint density at radius 1 is 1.33 bits per heavy atom. The molecule has 1 aliphatic carbocycles. The number of fused-ring (bicyclic) bond motifs is 1. The first-order valence-electron chi connectivity index (χ1n) is 8.24. The maximum Gasteiger partial charge on any atom is 0.317 e. The Morgan fingerprint density at radius 3 is 2.83 bits per heavy atom.